The van der Waals surface area contributed by atoms with Crippen molar-refractivity contribution in [1.82, 2.24) is 39.4 Å². The number of hydrogen-bond acceptors (Lipinski definition) is 20. The molecule has 0 spiro atoms. The number of hydrogen-bond donors (Lipinski definition) is 2. The normalized spacial score (nSPS) is 15.8. The number of nitrogens with one attached hydrogen (secondary N) is 2. The molecule has 2 N–H and O–H groups in total. The van der Waals surface area contributed by atoms with Crippen LogP contribution in [0.2, 0.25) is 10.0 Å². The molecule has 1 aliphatic heterocycles. The van der Waals surface area contributed by atoms with E-state index in [1.54, 1.807) is 41.3 Å². The molecule has 2 aliphatic carbocycles. The molecule has 81 heavy (non-hydrogen) atoms. The van der Waals surface area contributed by atoms with Crippen molar-refractivity contribution < 1.29 is 69.3 Å². The van der Waals surface area contributed by atoms with E-state index in [9.17, 15) is 50.4 Å². The van der Waals surface area contributed by atoms with E-state index in [0.717, 1.165) is 54.1 Å². The zero-order valence-corrected chi connectivity index (χ0v) is 48.1. The lowest BCUT2D eigenvalue weighted by Crippen LogP contribution is -2.46. The molecule has 3 amide bonds. The average molecular weight is 1200 g/mol. The number of urea groups is 1. The van der Waals surface area contributed by atoms with Gasteiger partial charge in [-0.15, -0.1) is 4.68 Å². The number of sulfonamides is 1. The molecule has 1 atom stereocenters. The highest BCUT2D eigenvalue weighted by Crippen LogP contribution is 2.33. The first-order valence-corrected chi connectivity index (χ1v) is 29.8. The zero-order chi connectivity index (χ0) is 59.0. The molecule has 1 saturated heterocycles. The number of sulfone groups is 1. The Morgan fingerprint density at radius 1 is 0.802 bits per heavy atom. The molecule has 3 heterocycles. The van der Waals surface area contributed by atoms with Gasteiger partial charge in [0, 0.05) is 49.4 Å². The van der Waals surface area contributed by atoms with Gasteiger partial charge in [0.15, 0.2) is 27.2 Å². The number of ketones is 3. The second-order valence-corrected chi connectivity index (χ2v) is 23.0. The molecule has 2 aromatic heterocycles. The highest BCUT2D eigenvalue weighted by molar-refractivity contribution is 7.90. The van der Waals surface area contributed by atoms with Crippen molar-refractivity contribution in [2.24, 2.45) is 5.92 Å². The van der Waals surface area contributed by atoms with Crippen molar-refractivity contribution in [3.05, 3.63) is 110 Å². The molecule has 3 aliphatic rings. The van der Waals surface area contributed by atoms with Gasteiger partial charge in [-0.05, 0) is 85.3 Å². The number of para-hydroxylation sites is 1. The lowest BCUT2D eigenvalue weighted by Gasteiger charge is -2.32. The van der Waals surface area contributed by atoms with Crippen LogP contribution >= 0.6 is 23.2 Å². The van der Waals surface area contributed by atoms with Crippen LogP contribution in [0.25, 0.3) is 5.69 Å². The van der Waals surface area contributed by atoms with Gasteiger partial charge in [0.05, 0.1) is 78.7 Å². The largest absolute Gasteiger partial charge is 0.481 e. The summed E-state index contributed by atoms with van der Waals surface area (Å²) in [7, 11) is -3.88. The Labute approximate surface area is 476 Å². The van der Waals surface area contributed by atoms with Gasteiger partial charge in [0.1, 0.15) is 5.92 Å². The van der Waals surface area contributed by atoms with E-state index in [2.05, 4.69) is 30.4 Å². The average Bonchev–Trinajstić information content (AvgIpc) is 4.33. The van der Waals surface area contributed by atoms with E-state index in [4.69, 9.17) is 42.1 Å². The Bertz CT molecular complexity index is 3360. The van der Waals surface area contributed by atoms with E-state index in [-0.39, 0.29) is 88.1 Å². The standard InChI is InChI=1S/C20H23ClO7S.C16H20ClN5O2.C16H18N4O7S/c1-29(25,26)17-8-7-13(20(24)18-15(22)5-2-6-16(18)23)19(21)14(17)11-27-10-12-4-3-9-28-12;1-2-20(12-8-4-3-5-9-12)15(23)22-16(24)21(18-19-22)14-11-7-6-10-13(14)17;1-25-12-8-13(26-2)18-15(17-12)19-16(22)20-28(23,24)9-10-6-4-5-7-11(10)14(21)27-3/h7-8,12,18H,2-6,9-11H2,1H3;6-7,10-12H,2-5,8-9H2,1H3;4-8H,9H2,1-3H3,(H2,17,18,19,20,22). The van der Waals surface area contributed by atoms with E-state index in [1.165, 1.54) is 58.1 Å². The number of ether oxygens (including phenoxy) is 5. The van der Waals surface area contributed by atoms with Crippen LogP contribution < -0.4 is 25.2 Å². The molecule has 3 fully saturated rings. The van der Waals surface area contributed by atoms with Crippen LogP contribution in [0.3, 0.4) is 0 Å². The predicted octanol–water partition coefficient (Wildman–Crippen LogP) is 6.20. The minimum Gasteiger partial charge on any atom is -0.481 e. The van der Waals surface area contributed by atoms with Crippen LogP contribution in [0.5, 0.6) is 11.8 Å². The molecule has 29 heteroatoms. The molecular formula is C52H61Cl2N9O16S2. The van der Waals surface area contributed by atoms with Gasteiger partial charge in [-0.25, -0.2) is 40.7 Å². The number of nitrogens with zero attached hydrogens (tertiary/aromatic N) is 7. The highest BCUT2D eigenvalue weighted by Gasteiger charge is 2.38. The third-order valence-electron chi connectivity index (χ3n) is 13.0. The van der Waals surface area contributed by atoms with Gasteiger partial charge in [-0.2, -0.15) is 14.6 Å². The summed E-state index contributed by atoms with van der Waals surface area (Å²) in [5.41, 5.74) is 0.161. The van der Waals surface area contributed by atoms with Crippen molar-refractivity contribution in [2.45, 2.75) is 101 Å². The number of carbonyl (C=O) groups is 6. The zero-order valence-electron chi connectivity index (χ0n) is 44.9. The van der Waals surface area contributed by atoms with Crippen molar-refractivity contribution in [2.75, 3.05) is 52.7 Å². The lowest BCUT2D eigenvalue weighted by atomic mass is 9.81. The monoisotopic (exact) mass is 1200 g/mol. The van der Waals surface area contributed by atoms with Crippen LogP contribution in [-0.2, 0) is 56.0 Å². The maximum atomic E-state index is 12.9. The second-order valence-electron chi connectivity index (χ2n) is 18.5. The maximum absolute atomic E-state index is 12.9. The van der Waals surface area contributed by atoms with Crippen molar-refractivity contribution >= 4 is 84.4 Å². The topological polar surface area (TPSA) is 323 Å². The molecule has 8 rings (SSSR count). The minimum absolute atomic E-state index is 0.0385. The SMILES string of the molecule is CCN(C(=O)n1nnn(-c2ccccc2Cl)c1=O)C1CCCCC1.COC(=O)c1ccccc1CS(=O)(=O)NC(=O)Nc1nc(OC)cc(OC)n1.CS(=O)(=O)c1ccc(C(=O)C2C(=O)CCCC2=O)c(Cl)c1COCC1CCCO1. The number of halogens is 2. The molecule has 5 aromatic rings. The summed E-state index contributed by atoms with van der Waals surface area (Å²) in [6.07, 6.45) is 8.89. The van der Waals surface area contributed by atoms with E-state index in [1.807, 2.05) is 11.6 Å². The van der Waals surface area contributed by atoms with Gasteiger partial charge < -0.3 is 28.6 Å². The van der Waals surface area contributed by atoms with Crippen LogP contribution in [0, 0.1) is 5.92 Å². The van der Waals surface area contributed by atoms with E-state index >= 15 is 0 Å². The maximum Gasteiger partial charge on any atom is 0.377 e. The number of esters is 1. The first-order valence-electron chi connectivity index (χ1n) is 25.5. The highest BCUT2D eigenvalue weighted by atomic mass is 35.5. The first-order chi connectivity index (χ1) is 38.6. The molecule has 25 nitrogen and oxygen atoms in total. The van der Waals surface area contributed by atoms with E-state index in [0.29, 0.717) is 30.3 Å². The Morgan fingerprint density at radius 2 is 1.46 bits per heavy atom. The molecule has 0 radical (unpaired) electrons. The van der Waals surface area contributed by atoms with Crippen molar-refractivity contribution in [1.29, 1.82) is 0 Å². The summed E-state index contributed by atoms with van der Waals surface area (Å²) < 4.78 is 78.2. The van der Waals surface area contributed by atoms with Crippen molar-refractivity contribution in [3.63, 3.8) is 0 Å². The fraction of sp³-hybridized carbons (Fsp3) is 0.442. The van der Waals surface area contributed by atoms with Crippen LogP contribution in [0.15, 0.2) is 76.4 Å². The summed E-state index contributed by atoms with van der Waals surface area (Å²) in [6, 6.07) is 15.4. The first kappa shape index (κ1) is 63.0. The second kappa shape index (κ2) is 29.0. The molecular weight excluding hydrogens is 1140 g/mol. The number of Topliss-reactive ketones (excluding diaryl/α,β-unsaturated/α-hetero) is 3. The molecule has 0 bridgehead atoms. The number of methoxy groups -OCH3 is 3. The lowest BCUT2D eigenvalue weighted by molar-refractivity contribution is -0.133. The summed E-state index contributed by atoms with van der Waals surface area (Å²) in [5.74, 6) is -4.22. The smallest absolute Gasteiger partial charge is 0.377 e. The number of tetrazole rings is 1. The number of aromatic nitrogens is 6. The van der Waals surface area contributed by atoms with Crippen LogP contribution in [0.4, 0.5) is 15.5 Å². The number of rotatable bonds is 17. The van der Waals surface area contributed by atoms with Crippen LogP contribution in [-0.4, -0.2) is 146 Å². The third kappa shape index (κ3) is 16.7. The molecule has 1 unspecified atom stereocenters. The Morgan fingerprint density at radius 3 is 2.06 bits per heavy atom. The number of amides is 3. The van der Waals surface area contributed by atoms with Crippen molar-refractivity contribution in [3.8, 4) is 17.4 Å². The Kier molecular flexibility index (Phi) is 22.6. The molecule has 436 valence electrons. The summed E-state index contributed by atoms with van der Waals surface area (Å²) in [5, 5.41) is 10.0. The number of benzene rings is 3. The molecule has 2 saturated carbocycles. The van der Waals surface area contributed by atoms with Gasteiger partial charge in [0.25, 0.3) is 0 Å². The van der Waals surface area contributed by atoms with Gasteiger partial charge >= 0.3 is 23.7 Å². The predicted molar refractivity (Wildman–Crippen MR) is 293 cm³/mol. The fourth-order valence-electron chi connectivity index (χ4n) is 9.04. The molecule has 3 aromatic carbocycles. The van der Waals surface area contributed by atoms with Gasteiger partial charge in [-0.3, -0.25) is 19.7 Å². The summed E-state index contributed by atoms with van der Waals surface area (Å²) in [4.78, 5) is 95.7. The minimum atomic E-state index is -4.14. The number of anilines is 1. The summed E-state index contributed by atoms with van der Waals surface area (Å²) in [6.45, 7) is 3.26. The quantitative estimate of drug-likeness (QED) is 0.0453. The fourth-order valence-corrected chi connectivity index (χ4v) is 11.6. The third-order valence-corrected chi connectivity index (χ3v) is 16.1. The number of carbonyl (C=O) groups excluding carboxylic acids is 6. The Balaban J connectivity index is 0.000000197. The van der Waals surface area contributed by atoms with Gasteiger partial charge in [-0.1, -0.05) is 72.8 Å². The Hall–Kier alpha value is -7.17. The van der Waals surface area contributed by atoms with Gasteiger partial charge in [0.2, 0.25) is 27.7 Å². The summed E-state index contributed by atoms with van der Waals surface area (Å²) >= 11 is 12.5. The van der Waals surface area contributed by atoms with Crippen LogP contribution in [0.1, 0.15) is 103 Å². The van der Waals surface area contributed by atoms with E-state index < -0.39 is 72.6 Å².